The van der Waals surface area contributed by atoms with Crippen LogP contribution < -0.4 is 5.32 Å². The van der Waals surface area contributed by atoms with Gasteiger partial charge in [0.1, 0.15) is 5.00 Å². The Morgan fingerprint density at radius 1 is 1.29 bits per heavy atom. The summed E-state index contributed by atoms with van der Waals surface area (Å²) in [5, 5.41) is 14.3. The summed E-state index contributed by atoms with van der Waals surface area (Å²) in [5.74, 6) is -0.887. The molecule has 1 heterocycles. The van der Waals surface area contributed by atoms with Crippen LogP contribution in [0.4, 0.5) is 10.7 Å². The molecule has 1 aromatic heterocycles. The average molecular weight is 400 g/mol. The van der Waals surface area contributed by atoms with Crippen LogP contribution in [0.3, 0.4) is 0 Å². The van der Waals surface area contributed by atoms with Gasteiger partial charge in [-0.05, 0) is 50.3 Å². The number of carbonyl (C=O) groups excluding carboxylic acids is 2. The Bertz CT molecular complexity index is 948. The number of nitro benzene ring substituents is 1. The van der Waals surface area contributed by atoms with Gasteiger partial charge in [-0.1, -0.05) is 12.1 Å². The number of anilines is 1. The van der Waals surface area contributed by atoms with Crippen molar-refractivity contribution in [1.29, 1.82) is 0 Å². The summed E-state index contributed by atoms with van der Waals surface area (Å²) in [6.45, 7) is 2.00. The maximum Gasteiger partial charge on any atom is 0.341 e. The van der Waals surface area contributed by atoms with Gasteiger partial charge in [-0.15, -0.1) is 11.3 Å². The van der Waals surface area contributed by atoms with Crippen molar-refractivity contribution in [3.05, 3.63) is 62.0 Å². The minimum atomic E-state index is -0.496. The van der Waals surface area contributed by atoms with Crippen LogP contribution in [0.25, 0.3) is 6.08 Å². The van der Waals surface area contributed by atoms with E-state index in [1.54, 1.807) is 25.1 Å². The zero-order valence-corrected chi connectivity index (χ0v) is 16.2. The van der Waals surface area contributed by atoms with E-state index in [1.807, 2.05) is 0 Å². The van der Waals surface area contributed by atoms with Crippen LogP contribution >= 0.6 is 11.3 Å². The van der Waals surface area contributed by atoms with Gasteiger partial charge < -0.3 is 10.1 Å². The molecule has 8 heteroatoms. The van der Waals surface area contributed by atoms with E-state index >= 15 is 0 Å². The number of amides is 1. The molecule has 3 rings (SSSR count). The van der Waals surface area contributed by atoms with Crippen molar-refractivity contribution in [2.45, 2.75) is 32.6 Å². The number of nitrogens with one attached hydrogen (secondary N) is 1. The average Bonchev–Trinajstić information content (AvgIpc) is 3.04. The van der Waals surface area contributed by atoms with E-state index in [2.05, 4.69) is 5.32 Å². The van der Waals surface area contributed by atoms with Crippen LogP contribution in [0.1, 0.15) is 46.1 Å². The van der Waals surface area contributed by atoms with E-state index in [0.29, 0.717) is 16.1 Å². The number of hydrogen-bond acceptors (Lipinski definition) is 6. The van der Waals surface area contributed by atoms with E-state index in [1.165, 1.54) is 29.6 Å². The lowest BCUT2D eigenvalue weighted by molar-refractivity contribution is -0.385. The molecule has 0 saturated carbocycles. The number of nitro groups is 1. The molecule has 0 bridgehead atoms. The molecule has 0 fully saturated rings. The normalized spacial score (nSPS) is 13.2. The standard InChI is InChI=1S/C20H20N2O5S/c1-2-27-20(24)18-14-8-4-6-10-16(14)28-19(18)21-17(23)12-11-13-7-3-5-9-15(13)22(25)26/h3,5,7,9,11-12H,2,4,6,8,10H2,1H3,(H,21,23)/b12-11+. The molecule has 0 saturated heterocycles. The zero-order chi connectivity index (χ0) is 20.1. The highest BCUT2D eigenvalue weighted by Crippen LogP contribution is 2.38. The Morgan fingerprint density at radius 3 is 2.79 bits per heavy atom. The molecule has 0 radical (unpaired) electrons. The molecule has 7 nitrogen and oxygen atoms in total. The summed E-state index contributed by atoms with van der Waals surface area (Å²) in [5.41, 5.74) is 1.66. The van der Waals surface area contributed by atoms with Crippen molar-refractivity contribution in [2.24, 2.45) is 0 Å². The third-order valence-electron chi connectivity index (χ3n) is 4.44. The fourth-order valence-corrected chi connectivity index (χ4v) is 4.47. The topological polar surface area (TPSA) is 98.5 Å². The fraction of sp³-hybridized carbons (Fsp3) is 0.300. The number of esters is 1. The van der Waals surface area contributed by atoms with Gasteiger partial charge >= 0.3 is 5.97 Å². The number of nitrogens with zero attached hydrogens (tertiary/aromatic N) is 1. The van der Waals surface area contributed by atoms with Crippen LogP contribution in [0.5, 0.6) is 0 Å². The first-order valence-corrected chi connectivity index (χ1v) is 9.87. The van der Waals surface area contributed by atoms with E-state index in [0.717, 1.165) is 36.1 Å². The third-order valence-corrected chi connectivity index (χ3v) is 5.64. The van der Waals surface area contributed by atoms with Gasteiger partial charge in [-0.3, -0.25) is 14.9 Å². The molecule has 1 amide bonds. The molecule has 146 valence electrons. The highest BCUT2D eigenvalue weighted by Gasteiger charge is 2.27. The van der Waals surface area contributed by atoms with Crippen molar-refractivity contribution in [3.63, 3.8) is 0 Å². The molecule has 0 aliphatic heterocycles. The SMILES string of the molecule is CCOC(=O)c1c(NC(=O)/C=C/c2ccccc2[N+](=O)[O-])sc2c1CCCC2. The first kappa shape index (κ1) is 19.8. The van der Waals surface area contributed by atoms with Crippen molar-refractivity contribution in [1.82, 2.24) is 0 Å². The highest BCUT2D eigenvalue weighted by molar-refractivity contribution is 7.17. The maximum atomic E-state index is 12.4. The highest BCUT2D eigenvalue weighted by atomic mass is 32.1. The second-order valence-electron chi connectivity index (χ2n) is 6.27. The number of ether oxygens (including phenoxy) is 1. The van der Waals surface area contributed by atoms with Crippen LogP contribution in [0, 0.1) is 10.1 Å². The number of thiophene rings is 1. The van der Waals surface area contributed by atoms with Crippen molar-refractivity contribution in [3.8, 4) is 0 Å². The largest absolute Gasteiger partial charge is 0.462 e. The quantitative estimate of drug-likeness (QED) is 0.336. The van der Waals surface area contributed by atoms with Gasteiger partial charge in [0.05, 0.1) is 22.7 Å². The van der Waals surface area contributed by atoms with Crippen molar-refractivity contribution in [2.75, 3.05) is 11.9 Å². The molecular formula is C20H20N2O5S. The van der Waals surface area contributed by atoms with Crippen LogP contribution in [0.15, 0.2) is 30.3 Å². The van der Waals surface area contributed by atoms with E-state index < -0.39 is 16.8 Å². The first-order valence-electron chi connectivity index (χ1n) is 9.05. The molecule has 2 aromatic rings. The predicted molar refractivity (Wildman–Crippen MR) is 108 cm³/mol. The van der Waals surface area contributed by atoms with Crippen molar-refractivity contribution >= 4 is 40.0 Å². The second-order valence-corrected chi connectivity index (χ2v) is 7.38. The van der Waals surface area contributed by atoms with Gasteiger partial charge in [0.25, 0.3) is 5.69 Å². The molecule has 1 aliphatic carbocycles. The third kappa shape index (κ3) is 4.28. The number of aryl methyl sites for hydroxylation is 1. The predicted octanol–water partition coefficient (Wildman–Crippen LogP) is 4.36. The minimum Gasteiger partial charge on any atom is -0.462 e. The Kier molecular flexibility index (Phi) is 6.20. The molecule has 28 heavy (non-hydrogen) atoms. The van der Waals surface area contributed by atoms with Crippen LogP contribution in [0.2, 0.25) is 0 Å². The molecule has 0 atom stereocenters. The summed E-state index contributed by atoms with van der Waals surface area (Å²) in [6, 6.07) is 6.17. The molecule has 0 spiro atoms. The Balaban J connectivity index is 1.83. The number of fused-ring (bicyclic) bond motifs is 1. The number of rotatable bonds is 6. The first-order chi connectivity index (χ1) is 13.5. The summed E-state index contributed by atoms with van der Waals surface area (Å²) in [7, 11) is 0. The summed E-state index contributed by atoms with van der Waals surface area (Å²) in [4.78, 5) is 36.5. The minimum absolute atomic E-state index is 0.0784. The lowest BCUT2D eigenvalue weighted by Crippen LogP contribution is -2.14. The van der Waals surface area contributed by atoms with Gasteiger partial charge in [0, 0.05) is 17.0 Å². The monoisotopic (exact) mass is 400 g/mol. The van der Waals surface area contributed by atoms with E-state index in [-0.39, 0.29) is 12.3 Å². The molecule has 1 aromatic carbocycles. The van der Waals surface area contributed by atoms with Gasteiger partial charge in [0.2, 0.25) is 5.91 Å². The molecule has 0 unspecified atom stereocenters. The fourth-order valence-electron chi connectivity index (χ4n) is 3.19. The number of hydrogen-bond donors (Lipinski definition) is 1. The molecule has 1 aliphatic rings. The molecule has 1 N–H and O–H groups in total. The van der Waals surface area contributed by atoms with Gasteiger partial charge in [-0.25, -0.2) is 4.79 Å². The number of benzene rings is 1. The van der Waals surface area contributed by atoms with Gasteiger partial charge in [0.15, 0.2) is 0 Å². The summed E-state index contributed by atoms with van der Waals surface area (Å²) in [6.07, 6.45) is 6.36. The maximum absolute atomic E-state index is 12.4. The summed E-state index contributed by atoms with van der Waals surface area (Å²) >= 11 is 1.40. The smallest absolute Gasteiger partial charge is 0.341 e. The second kappa shape index (κ2) is 8.79. The lowest BCUT2D eigenvalue weighted by atomic mass is 9.95. The van der Waals surface area contributed by atoms with E-state index in [4.69, 9.17) is 4.74 Å². The zero-order valence-electron chi connectivity index (χ0n) is 15.4. The van der Waals surface area contributed by atoms with Crippen LogP contribution in [-0.2, 0) is 22.4 Å². The number of para-hydroxylation sites is 1. The van der Waals surface area contributed by atoms with Gasteiger partial charge in [-0.2, -0.15) is 0 Å². The Morgan fingerprint density at radius 2 is 2.04 bits per heavy atom. The lowest BCUT2D eigenvalue weighted by Gasteiger charge is -2.12. The number of carbonyl (C=O) groups is 2. The van der Waals surface area contributed by atoms with E-state index in [9.17, 15) is 19.7 Å². The Hall–Kier alpha value is -3.00. The van der Waals surface area contributed by atoms with Crippen molar-refractivity contribution < 1.29 is 19.2 Å². The Labute approximate surface area is 166 Å². The summed E-state index contributed by atoms with van der Waals surface area (Å²) < 4.78 is 5.17. The molecular weight excluding hydrogens is 380 g/mol. The van der Waals surface area contributed by atoms with Crippen LogP contribution in [-0.4, -0.2) is 23.4 Å².